The molecule has 10 heteroatoms. The topological polar surface area (TPSA) is 121 Å². The number of imidazole rings is 1. The van der Waals surface area contributed by atoms with Crippen LogP contribution in [0.5, 0.6) is 0 Å². The van der Waals surface area contributed by atoms with Crippen molar-refractivity contribution in [2.24, 2.45) is 5.73 Å². The first-order valence-electron chi connectivity index (χ1n) is 8.50. The molecule has 0 saturated heterocycles. The van der Waals surface area contributed by atoms with Crippen LogP contribution in [0, 0.1) is 17.0 Å². The third kappa shape index (κ3) is 4.64. The highest BCUT2D eigenvalue weighted by atomic mass is 19.1. The number of anilines is 3. The fourth-order valence-electron chi connectivity index (χ4n) is 2.51. The van der Waals surface area contributed by atoms with Crippen LogP contribution in [0.1, 0.15) is 32.5 Å². The smallest absolute Gasteiger partial charge is 0.240 e. The Hall–Kier alpha value is -3.43. The van der Waals surface area contributed by atoms with Crippen LogP contribution in [0.25, 0.3) is 0 Å². The monoisotopic (exact) mass is 391 g/mol. The molecule has 8 nitrogen and oxygen atoms in total. The largest absolute Gasteiger partial charge is 0.370 e. The van der Waals surface area contributed by atoms with E-state index in [1.54, 1.807) is 0 Å². The number of nitrogens with one attached hydrogen (secondary N) is 4. The lowest BCUT2D eigenvalue weighted by Gasteiger charge is -2.20. The summed E-state index contributed by atoms with van der Waals surface area (Å²) in [4.78, 5) is 16.1. The summed E-state index contributed by atoms with van der Waals surface area (Å²) in [5, 5.41) is 16.4. The van der Waals surface area contributed by atoms with Gasteiger partial charge in [-0.2, -0.15) is 0 Å². The number of halogens is 2. The first-order valence-corrected chi connectivity index (χ1v) is 8.50. The Bertz CT molecular complexity index is 908. The van der Waals surface area contributed by atoms with Crippen molar-refractivity contribution in [2.75, 3.05) is 10.6 Å². The number of primary amides is 1. The predicted molar refractivity (Wildman–Crippen MR) is 105 cm³/mol. The van der Waals surface area contributed by atoms with Crippen LogP contribution >= 0.6 is 0 Å². The molecule has 2 aromatic rings. The average Bonchev–Trinajstić information content (AvgIpc) is 2.92. The molecule has 0 radical (unpaired) electrons. The summed E-state index contributed by atoms with van der Waals surface area (Å²) in [6.07, 6.45) is 0.974. The number of hydrogen-bond donors (Lipinski definition) is 5. The van der Waals surface area contributed by atoms with Crippen LogP contribution in [0.3, 0.4) is 0 Å². The van der Waals surface area contributed by atoms with Gasteiger partial charge in [0.05, 0.1) is 11.5 Å². The Morgan fingerprint density at radius 2 is 2.04 bits per heavy atom. The normalized spacial score (nSPS) is 11.8. The minimum Gasteiger partial charge on any atom is -0.370 e. The van der Waals surface area contributed by atoms with Gasteiger partial charge in [-0.25, -0.2) is 13.8 Å². The number of aromatic nitrogens is 2. The highest BCUT2D eigenvalue weighted by molar-refractivity contribution is 5.86. The van der Waals surface area contributed by atoms with E-state index in [1.807, 2.05) is 13.8 Å². The second-order valence-electron chi connectivity index (χ2n) is 6.41. The molecule has 28 heavy (non-hydrogen) atoms. The van der Waals surface area contributed by atoms with Crippen molar-refractivity contribution in [3.8, 4) is 0 Å². The molecule has 0 aliphatic carbocycles. The van der Waals surface area contributed by atoms with Crippen LogP contribution in [-0.4, -0.2) is 27.7 Å². The number of nitrogens with two attached hydrogens (primary N) is 1. The SMILES string of the molecule is C=C(Nc1c(C=N)nc(Nc2ccc(F)cc2F)n1[C@H](C)C(N)=O)NC(C)C. The second-order valence-corrected chi connectivity index (χ2v) is 6.41. The molecule has 6 N–H and O–H groups in total. The molecular formula is C18H23F2N7O. The standard InChI is InChI=1S/C18H23F2N7O/c1-9(2)23-11(4)24-17-15(8-21)26-18(27(17)10(3)16(22)28)25-14-6-5-12(19)7-13(14)20/h5-10,21,23-24H,4H2,1-3H3,(H2,22,28)(H,25,26)/t10-/m1/s1. The van der Waals surface area contributed by atoms with Gasteiger partial charge in [0.25, 0.3) is 0 Å². The van der Waals surface area contributed by atoms with Crippen molar-refractivity contribution in [1.29, 1.82) is 5.41 Å². The van der Waals surface area contributed by atoms with Gasteiger partial charge in [-0.05, 0) is 32.9 Å². The van der Waals surface area contributed by atoms with Gasteiger partial charge in [-0.15, -0.1) is 0 Å². The van der Waals surface area contributed by atoms with Crippen LogP contribution < -0.4 is 21.7 Å². The van der Waals surface area contributed by atoms with E-state index in [0.29, 0.717) is 5.82 Å². The van der Waals surface area contributed by atoms with Gasteiger partial charge < -0.3 is 27.1 Å². The highest BCUT2D eigenvalue weighted by Crippen LogP contribution is 2.29. The lowest BCUT2D eigenvalue weighted by atomic mass is 10.3. The molecule has 0 aliphatic heterocycles. The van der Waals surface area contributed by atoms with E-state index in [0.717, 1.165) is 18.3 Å². The predicted octanol–water partition coefficient (Wildman–Crippen LogP) is 2.83. The first kappa shape index (κ1) is 20.9. The zero-order valence-corrected chi connectivity index (χ0v) is 15.8. The molecule has 0 spiro atoms. The summed E-state index contributed by atoms with van der Waals surface area (Å²) in [7, 11) is 0. The molecular weight excluding hydrogens is 368 g/mol. The third-order valence-electron chi connectivity index (χ3n) is 3.78. The van der Waals surface area contributed by atoms with Gasteiger partial charge in [0, 0.05) is 18.3 Å². The van der Waals surface area contributed by atoms with Crippen LogP contribution in [0.15, 0.2) is 30.6 Å². The molecule has 1 aromatic carbocycles. The number of carbonyl (C=O) groups excluding carboxylic acids is 1. The van der Waals surface area contributed by atoms with E-state index in [4.69, 9.17) is 11.1 Å². The van der Waals surface area contributed by atoms with E-state index in [9.17, 15) is 13.6 Å². The van der Waals surface area contributed by atoms with Crippen LogP contribution in [0.4, 0.5) is 26.2 Å². The van der Waals surface area contributed by atoms with Crippen molar-refractivity contribution >= 4 is 29.6 Å². The fourth-order valence-corrected chi connectivity index (χ4v) is 2.51. The van der Waals surface area contributed by atoms with Crippen molar-refractivity contribution in [3.63, 3.8) is 0 Å². The zero-order valence-electron chi connectivity index (χ0n) is 15.8. The number of benzene rings is 1. The molecule has 1 aromatic heterocycles. The number of nitrogens with zero attached hydrogens (tertiary/aromatic N) is 2. The molecule has 0 unspecified atom stereocenters. The maximum absolute atomic E-state index is 14.1. The van der Waals surface area contributed by atoms with E-state index in [1.165, 1.54) is 17.6 Å². The number of rotatable bonds is 9. The quantitative estimate of drug-likeness (QED) is 0.421. The van der Waals surface area contributed by atoms with Gasteiger partial charge in [0.15, 0.2) is 0 Å². The summed E-state index contributed by atoms with van der Waals surface area (Å²) in [6.45, 7) is 9.22. The Morgan fingerprint density at radius 1 is 1.36 bits per heavy atom. The highest BCUT2D eigenvalue weighted by Gasteiger charge is 2.24. The Kier molecular flexibility index (Phi) is 6.34. The van der Waals surface area contributed by atoms with Crippen molar-refractivity contribution in [1.82, 2.24) is 14.9 Å². The van der Waals surface area contributed by atoms with Gasteiger partial charge >= 0.3 is 0 Å². The average molecular weight is 391 g/mol. The van der Waals surface area contributed by atoms with Crippen molar-refractivity contribution in [2.45, 2.75) is 32.9 Å². The minimum atomic E-state index is -0.887. The van der Waals surface area contributed by atoms with Crippen LogP contribution in [0.2, 0.25) is 0 Å². The van der Waals surface area contributed by atoms with Gasteiger partial charge in [0.1, 0.15) is 29.2 Å². The summed E-state index contributed by atoms with van der Waals surface area (Å²) in [6, 6.07) is 2.20. The summed E-state index contributed by atoms with van der Waals surface area (Å²) < 4.78 is 28.6. The molecule has 0 saturated carbocycles. The van der Waals surface area contributed by atoms with Crippen LogP contribution in [-0.2, 0) is 4.79 Å². The minimum absolute atomic E-state index is 0.0495. The lowest BCUT2D eigenvalue weighted by Crippen LogP contribution is -2.29. The van der Waals surface area contributed by atoms with Crippen molar-refractivity contribution < 1.29 is 13.6 Å². The lowest BCUT2D eigenvalue weighted by molar-refractivity contribution is -0.120. The fraction of sp³-hybridized carbons (Fsp3) is 0.278. The van der Waals surface area contributed by atoms with Gasteiger partial charge in [0.2, 0.25) is 11.9 Å². The number of amides is 1. The summed E-state index contributed by atoms with van der Waals surface area (Å²) in [5.74, 6) is -1.49. The van der Waals surface area contributed by atoms with E-state index in [2.05, 4.69) is 27.5 Å². The summed E-state index contributed by atoms with van der Waals surface area (Å²) >= 11 is 0. The second kappa shape index (κ2) is 8.51. The maximum atomic E-state index is 14.1. The third-order valence-corrected chi connectivity index (χ3v) is 3.78. The molecule has 1 atom stereocenters. The molecule has 0 bridgehead atoms. The molecule has 2 rings (SSSR count). The molecule has 1 heterocycles. The number of hydrogen-bond acceptors (Lipinski definition) is 6. The van der Waals surface area contributed by atoms with E-state index in [-0.39, 0.29) is 29.2 Å². The number of carbonyl (C=O) groups is 1. The molecule has 0 aliphatic rings. The maximum Gasteiger partial charge on any atom is 0.240 e. The van der Waals surface area contributed by atoms with Gasteiger partial charge in [-0.3, -0.25) is 9.36 Å². The first-order chi connectivity index (χ1) is 13.1. The molecule has 0 fully saturated rings. The Labute approximate surface area is 161 Å². The van der Waals surface area contributed by atoms with Crippen molar-refractivity contribution in [3.05, 3.63) is 47.9 Å². The van der Waals surface area contributed by atoms with E-state index < -0.39 is 23.6 Å². The van der Waals surface area contributed by atoms with E-state index >= 15 is 0 Å². The zero-order chi connectivity index (χ0) is 21.0. The van der Waals surface area contributed by atoms with Gasteiger partial charge in [-0.1, -0.05) is 6.58 Å². The Balaban J connectivity index is 2.53. The summed E-state index contributed by atoms with van der Waals surface area (Å²) in [5.41, 5.74) is 5.57. The molecule has 1 amide bonds. The Morgan fingerprint density at radius 3 is 2.57 bits per heavy atom. The molecule has 150 valence electrons.